The zero-order chi connectivity index (χ0) is 21.8. The highest BCUT2D eigenvalue weighted by Crippen LogP contribution is 2.29. The summed E-state index contributed by atoms with van der Waals surface area (Å²) in [5.41, 5.74) is 3.79. The van der Waals surface area contributed by atoms with E-state index >= 15 is 0 Å². The number of carbonyl (C=O) groups excluding carboxylic acids is 1. The Morgan fingerprint density at radius 1 is 1.17 bits per heavy atom. The van der Waals surface area contributed by atoms with Crippen molar-refractivity contribution in [2.45, 2.75) is 33.2 Å². The van der Waals surface area contributed by atoms with Gasteiger partial charge in [0, 0.05) is 16.7 Å². The molecule has 0 radical (unpaired) electrons. The van der Waals surface area contributed by atoms with Crippen molar-refractivity contribution in [1.82, 2.24) is 9.78 Å². The van der Waals surface area contributed by atoms with Gasteiger partial charge in [-0.3, -0.25) is 9.59 Å². The highest BCUT2D eigenvalue weighted by atomic mass is 35.5. The zero-order valence-electron chi connectivity index (χ0n) is 17.4. The Hall–Kier alpha value is -3.12. The molecule has 1 atom stereocenters. The van der Waals surface area contributed by atoms with Gasteiger partial charge in [0.1, 0.15) is 11.8 Å². The van der Waals surface area contributed by atoms with Crippen molar-refractivity contribution in [2.75, 3.05) is 12.4 Å². The number of benzene rings is 2. The van der Waals surface area contributed by atoms with E-state index in [-0.39, 0.29) is 11.5 Å². The highest BCUT2D eigenvalue weighted by Gasteiger charge is 2.23. The molecule has 1 unspecified atom stereocenters. The third kappa shape index (κ3) is 4.54. The van der Waals surface area contributed by atoms with Crippen LogP contribution in [0.4, 0.5) is 5.69 Å². The molecule has 3 aromatic rings. The first-order chi connectivity index (χ1) is 14.3. The van der Waals surface area contributed by atoms with E-state index in [1.165, 1.54) is 17.9 Å². The van der Waals surface area contributed by atoms with Gasteiger partial charge < -0.3 is 10.1 Å². The lowest BCUT2D eigenvalue weighted by Crippen LogP contribution is -2.34. The van der Waals surface area contributed by atoms with Crippen molar-refractivity contribution in [2.24, 2.45) is 0 Å². The molecule has 3 rings (SSSR count). The summed E-state index contributed by atoms with van der Waals surface area (Å²) in [5.74, 6) is 0.109. The minimum atomic E-state index is -0.786. The number of carbonyl (C=O) groups is 1. The van der Waals surface area contributed by atoms with Crippen molar-refractivity contribution >= 4 is 23.2 Å². The van der Waals surface area contributed by atoms with E-state index in [1.807, 2.05) is 39.0 Å². The lowest BCUT2D eigenvalue weighted by molar-refractivity contribution is -0.119. The zero-order valence-corrected chi connectivity index (χ0v) is 18.2. The quantitative estimate of drug-likeness (QED) is 0.616. The Labute approximate surface area is 180 Å². The molecule has 0 bridgehead atoms. The van der Waals surface area contributed by atoms with Crippen LogP contribution in [-0.2, 0) is 4.79 Å². The van der Waals surface area contributed by atoms with E-state index < -0.39 is 6.04 Å². The number of nitrogens with zero attached hydrogens (tertiary/aromatic N) is 2. The average Bonchev–Trinajstić information content (AvgIpc) is 2.72. The van der Waals surface area contributed by atoms with E-state index in [0.29, 0.717) is 28.6 Å². The minimum Gasteiger partial charge on any atom is -0.495 e. The molecule has 1 N–H and O–H groups in total. The Morgan fingerprint density at radius 2 is 1.93 bits per heavy atom. The van der Waals surface area contributed by atoms with Gasteiger partial charge in [0.25, 0.3) is 5.56 Å². The molecule has 0 aliphatic carbocycles. The summed E-state index contributed by atoms with van der Waals surface area (Å²) < 4.78 is 6.53. The number of methoxy groups -OCH3 is 1. The molecule has 2 aromatic carbocycles. The molecule has 0 saturated heterocycles. The third-order valence-corrected chi connectivity index (χ3v) is 5.13. The maximum atomic E-state index is 13.0. The number of halogens is 1. The minimum absolute atomic E-state index is 0.343. The van der Waals surface area contributed by atoms with Gasteiger partial charge >= 0.3 is 0 Å². The standard InChI is InChI=1S/C23H24ClN3O3/c1-5-20(23(29)25-19-13-16(24)8-10-21(19)30-4)27-22(28)11-9-18(26-27)17-12-14(2)6-7-15(17)3/h6-13,20H,5H2,1-4H3,(H,25,29). The maximum Gasteiger partial charge on any atom is 0.267 e. The van der Waals surface area contributed by atoms with Crippen LogP contribution in [0.15, 0.2) is 53.3 Å². The lowest BCUT2D eigenvalue weighted by atomic mass is 10.0. The fraction of sp³-hybridized carbons (Fsp3) is 0.261. The van der Waals surface area contributed by atoms with Crippen LogP contribution in [0.1, 0.15) is 30.5 Å². The van der Waals surface area contributed by atoms with Crippen molar-refractivity contribution in [3.63, 3.8) is 0 Å². The molecule has 1 amide bonds. The van der Waals surface area contributed by atoms with Crippen molar-refractivity contribution in [3.8, 4) is 17.0 Å². The van der Waals surface area contributed by atoms with Gasteiger partial charge in [-0.05, 0) is 56.2 Å². The summed E-state index contributed by atoms with van der Waals surface area (Å²) in [6, 6.07) is 13.3. The molecule has 1 aromatic heterocycles. The van der Waals surface area contributed by atoms with Crippen molar-refractivity contribution in [3.05, 3.63) is 75.0 Å². The predicted octanol–water partition coefficient (Wildman–Crippen LogP) is 4.78. The van der Waals surface area contributed by atoms with Gasteiger partial charge in [-0.2, -0.15) is 5.10 Å². The number of nitrogens with one attached hydrogen (secondary N) is 1. The Morgan fingerprint density at radius 3 is 2.63 bits per heavy atom. The van der Waals surface area contributed by atoms with E-state index in [2.05, 4.69) is 10.4 Å². The summed E-state index contributed by atoms with van der Waals surface area (Å²) in [6.45, 7) is 5.82. The fourth-order valence-corrected chi connectivity index (χ4v) is 3.44. The second kappa shape index (κ2) is 9.13. The summed E-state index contributed by atoms with van der Waals surface area (Å²) in [7, 11) is 1.51. The second-order valence-electron chi connectivity index (χ2n) is 7.08. The Kier molecular flexibility index (Phi) is 6.57. The molecule has 0 spiro atoms. The van der Waals surface area contributed by atoms with Gasteiger partial charge in [0.15, 0.2) is 0 Å². The van der Waals surface area contributed by atoms with Crippen LogP contribution in [0, 0.1) is 13.8 Å². The van der Waals surface area contributed by atoms with Crippen molar-refractivity contribution in [1.29, 1.82) is 0 Å². The van der Waals surface area contributed by atoms with Gasteiger partial charge in [0.05, 0.1) is 18.5 Å². The lowest BCUT2D eigenvalue weighted by Gasteiger charge is -2.19. The number of hydrogen-bond acceptors (Lipinski definition) is 4. The van der Waals surface area contributed by atoms with Gasteiger partial charge in [0.2, 0.25) is 5.91 Å². The molecule has 7 heteroatoms. The van der Waals surface area contributed by atoms with Crippen LogP contribution < -0.4 is 15.6 Å². The molecule has 0 aliphatic heterocycles. The highest BCUT2D eigenvalue weighted by molar-refractivity contribution is 6.31. The Bertz CT molecular complexity index is 1140. The number of aromatic nitrogens is 2. The normalized spacial score (nSPS) is 11.8. The van der Waals surface area contributed by atoms with E-state index in [4.69, 9.17) is 16.3 Å². The molecule has 6 nitrogen and oxygen atoms in total. The van der Waals surface area contributed by atoms with Crippen molar-refractivity contribution < 1.29 is 9.53 Å². The first-order valence-electron chi connectivity index (χ1n) is 9.66. The third-order valence-electron chi connectivity index (χ3n) is 4.90. The smallest absolute Gasteiger partial charge is 0.267 e. The van der Waals surface area contributed by atoms with Gasteiger partial charge in [-0.15, -0.1) is 0 Å². The average molecular weight is 426 g/mol. The molecule has 0 fully saturated rings. The molecule has 1 heterocycles. The molecule has 30 heavy (non-hydrogen) atoms. The van der Waals surface area contributed by atoms with Crippen LogP contribution >= 0.6 is 11.6 Å². The van der Waals surface area contributed by atoms with Crippen LogP contribution in [-0.4, -0.2) is 22.8 Å². The van der Waals surface area contributed by atoms with E-state index in [1.54, 1.807) is 24.3 Å². The van der Waals surface area contributed by atoms with Crippen LogP contribution in [0.2, 0.25) is 5.02 Å². The summed E-state index contributed by atoms with van der Waals surface area (Å²) >= 11 is 6.05. The van der Waals surface area contributed by atoms with Crippen LogP contribution in [0.25, 0.3) is 11.3 Å². The Balaban J connectivity index is 1.99. The molecule has 156 valence electrons. The second-order valence-corrected chi connectivity index (χ2v) is 7.51. The van der Waals surface area contributed by atoms with E-state index in [9.17, 15) is 9.59 Å². The molecule has 0 aliphatic rings. The number of rotatable bonds is 6. The largest absolute Gasteiger partial charge is 0.495 e. The fourth-order valence-electron chi connectivity index (χ4n) is 3.27. The summed E-state index contributed by atoms with van der Waals surface area (Å²) in [4.78, 5) is 25.6. The molecular formula is C23H24ClN3O3. The summed E-state index contributed by atoms with van der Waals surface area (Å²) in [6.07, 6.45) is 0.387. The number of anilines is 1. The summed E-state index contributed by atoms with van der Waals surface area (Å²) in [5, 5.41) is 7.80. The predicted molar refractivity (Wildman–Crippen MR) is 119 cm³/mol. The SMILES string of the molecule is CCC(C(=O)Nc1cc(Cl)ccc1OC)n1nc(-c2cc(C)ccc2C)ccc1=O. The molecule has 0 saturated carbocycles. The van der Waals surface area contributed by atoms with Gasteiger partial charge in [-0.1, -0.05) is 36.2 Å². The topological polar surface area (TPSA) is 73.2 Å². The maximum absolute atomic E-state index is 13.0. The number of hydrogen-bond donors (Lipinski definition) is 1. The number of ether oxygens (including phenoxy) is 1. The van der Waals surface area contributed by atoms with Crippen LogP contribution in [0.3, 0.4) is 0 Å². The first-order valence-corrected chi connectivity index (χ1v) is 10.0. The first kappa shape index (κ1) is 21.6. The van der Waals surface area contributed by atoms with Crippen LogP contribution in [0.5, 0.6) is 5.75 Å². The number of aryl methyl sites for hydroxylation is 2. The monoisotopic (exact) mass is 425 g/mol. The number of amides is 1. The van der Waals surface area contributed by atoms with Gasteiger partial charge in [-0.25, -0.2) is 4.68 Å². The molecular weight excluding hydrogens is 402 g/mol. The van der Waals surface area contributed by atoms with E-state index in [0.717, 1.165) is 16.7 Å².